The molecular formula is C10H8I3N2O4S-. The van der Waals surface area contributed by atoms with Crippen molar-refractivity contribution in [2.75, 3.05) is 11.6 Å². The van der Waals surface area contributed by atoms with Crippen molar-refractivity contribution >= 4 is 95.3 Å². The van der Waals surface area contributed by atoms with Crippen LogP contribution in [-0.2, 0) is 14.8 Å². The summed E-state index contributed by atoms with van der Waals surface area (Å²) in [5.74, 6) is -1.12. The van der Waals surface area contributed by atoms with Crippen molar-refractivity contribution in [3.8, 4) is 0 Å². The van der Waals surface area contributed by atoms with E-state index in [0.29, 0.717) is 12.8 Å². The standard InChI is InChI=1S/C10H9I3N2O4S/c1-4(16)14-9-6(12)3-5(11)7(8(9)13)10(17)15-20(2,18)19/h3H,1-2H3,(H,14,16)(H,15,17)/p-1. The van der Waals surface area contributed by atoms with Crippen LogP contribution in [0, 0.1) is 10.7 Å². The van der Waals surface area contributed by atoms with Crippen molar-refractivity contribution in [2.24, 2.45) is 4.40 Å². The van der Waals surface area contributed by atoms with Gasteiger partial charge in [-0.25, -0.2) is 8.42 Å². The average Bonchev–Trinajstić information content (AvgIpc) is 2.20. The number of benzene rings is 1. The summed E-state index contributed by atoms with van der Waals surface area (Å²) >= 11 is 5.85. The highest BCUT2D eigenvalue weighted by molar-refractivity contribution is 14.1. The Morgan fingerprint density at radius 3 is 2.30 bits per heavy atom. The predicted octanol–water partition coefficient (Wildman–Crippen LogP) is 1.53. The molecular weight excluding hydrogens is 625 g/mol. The van der Waals surface area contributed by atoms with Gasteiger partial charge in [0.05, 0.1) is 11.9 Å². The maximum Gasteiger partial charge on any atom is 0.249 e. The first kappa shape index (κ1) is 18.3. The van der Waals surface area contributed by atoms with Crippen LogP contribution in [0.2, 0.25) is 0 Å². The van der Waals surface area contributed by atoms with Gasteiger partial charge in [-0.05, 0) is 73.8 Å². The van der Waals surface area contributed by atoms with Crippen LogP contribution in [0.25, 0.3) is 0 Å². The zero-order valence-electron chi connectivity index (χ0n) is 10.2. The number of rotatable bonds is 3. The first-order valence-corrected chi connectivity index (χ1v) is 10.0. The minimum Gasteiger partial charge on any atom is -0.858 e. The average molecular weight is 633 g/mol. The number of amides is 1. The fraction of sp³-hybridized carbons (Fsp3) is 0.200. The molecule has 110 valence electrons. The van der Waals surface area contributed by atoms with E-state index in [1.54, 1.807) is 6.07 Å². The van der Waals surface area contributed by atoms with E-state index in [1.807, 2.05) is 67.8 Å². The van der Waals surface area contributed by atoms with E-state index in [4.69, 9.17) is 0 Å². The molecule has 1 aromatic carbocycles. The molecule has 0 unspecified atom stereocenters. The maximum atomic E-state index is 12.0. The summed E-state index contributed by atoms with van der Waals surface area (Å²) in [5.41, 5.74) is 0.645. The van der Waals surface area contributed by atoms with Gasteiger partial charge < -0.3 is 10.4 Å². The lowest BCUT2D eigenvalue weighted by atomic mass is 10.2. The number of nitrogens with one attached hydrogen (secondary N) is 1. The summed E-state index contributed by atoms with van der Waals surface area (Å²) in [4.78, 5) is 11.2. The van der Waals surface area contributed by atoms with Crippen LogP contribution in [0.1, 0.15) is 12.5 Å². The van der Waals surface area contributed by atoms with Crippen LogP contribution in [-0.4, -0.2) is 26.5 Å². The van der Waals surface area contributed by atoms with Gasteiger partial charge in [-0.1, -0.05) is 0 Å². The fourth-order valence-electron chi connectivity index (χ4n) is 1.27. The van der Waals surface area contributed by atoms with Gasteiger partial charge in [-0.15, -0.1) is 0 Å². The number of hydrogen-bond donors (Lipinski definition) is 1. The molecule has 10 heteroatoms. The van der Waals surface area contributed by atoms with Gasteiger partial charge in [0.2, 0.25) is 15.9 Å². The minimum atomic E-state index is -3.77. The molecule has 0 spiro atoms. The van der Waals surface area contributed by atoms with Gasteiger partial charge in [-0.2, -0.15) is 4.40 Å². The molecule has 0 aromatic heterocycles. The summed E-state index contributed by atoms with van der Waals surface area (Å²) in [6, 6.07) is 1.68. The predicted molar refractivity (Wildman–Crippen MR) is 100 cm³/mol. The zero-order valence-corrected chi connectivity index (χ0v) is 17.5. The molecule has 6 nitrogen and oxygen atoms in total. The van der Waals surface area contributed by atoms with E-state index < -0.39 is 15.9 Å². The van der Waals surface area contributed by atoms with Crippen molar-refractivity contribution in [2.45, 2.75) is 6.92 Å². The first-order valence-electron chi connectivity index (χ1n) is 4.95. The second-order valence-electron chi connectivity index (χ2n) is 3.71. The van der Waals surface area contributed by atoms with Crippen molar-refractivity contribution in [3.63, 3.8) is 0 Å². The van der Waals surface area contributed by atoms with Crippen molar-refractivity contribution < 1.29 is 18.3 Å². The smallest absolute Gasteiger partial charge is 0.249 e. The fourth-order valence-corrected chi connectivity index (χ4v) is 5.77. The van der Waals surface area contributed by atoms with Crippen molar-refractivity contribution in [3.05, 3.63) is 22.3 Å². The number of nitrogens with zero attached hydrogens (tertiary/aromatic N) is 1. The molecule has 20 heavy (non-hydrogen) atoms. The highest BCUT2D eigenvalue weighted by Gasteiger charge is 2.16. The highest BCUT2D eigenvalue weighted by Crippen LogP contribution is 2.31. The van der Waals surface area contributed by atoms with E-state index in [0.717, 1.165) is 9.83 Å². The minimum absolute atomic E-state index is 0.167. The van der Waals surface area contributed by atoms with Crippen molar-refractivity contribution in [1.82, 2.24) is 0 Å². The van der Waals surface area contributed by atoms with Gasteiger partial charge in [0, 0.05) is 29.1 Å². The zero-order chi connectivity index (χ0) is 15.7. The van der Waals surface area contributed by atoms with Gasteiger partial charge >= 0.3 is 0 Å². The monoisotopic (exact) mass is 633 g/mol. The van der Waals surface area contributed by atoms with Crippen LogP contribution in [0.4, 0.5) is 5.69 Å². The molecule has 0 saturated carbocycles. The summed E-state index contributed by atoms with van der Waals surface area (Å²) in [5, 5.41) is 14.6. The van der Waals surface area contributed by atoms with Gasteiger partial charge in [-0.3, -0.25) is 4.79 Å². The van der Waals surface area contributed by atoms with Gasteiger partial charge in [0.15, 0.2) is 0 Å². The number of halogens is 3. The Balaban J connectivity index is 3.56. The molecule has 0 heterocycles. The largest absolute Gasteiger partial charge is 0.858 e. The summed E-state index contributed by atoms with van der Waals surface area (Å²) in [7, 11) is -3.77. The van der Waals surface area contributed by atoms with Crippen LogP contribution in [0.3, 0.4) is 0 Å². The first-order chi connectivity index (χ1) is 9.03. The lowest BCUT2D eigenvalue weighted by Gasteiger charge is -2.18. The third kappa shape index (κ3) is 4.94. The SMILES string of the molecule is CC(=O)Nc1c(I)cc(I)c(/C([O-])=N/S(C)(=O)=O)c1I. The number of carbonyl (C=O) groups excluding carboxylic acids is 1. The molecule has 0 fully saturated rings. The van der Waals surface area contributed by atoms with E-state index in [2.05, 4.69) is 9.71 Å². The topological polar surface area (TPSA) is 98.7 Å². The third-order valence-electron chi connectivity index (χ3n) is 1.93. The third-order valence-corrected chi connectivity index (χ3v) is 5.21. The number of anilines is 1. The van der Waals surface area contributed by atoms with E-state index in [9.17, 15) is 18.3 Å². The Bertz CT molecular complexity index is 701. The molecule has 1 N–H and O–H groups in total. The Hall–Kier alpha value is 0.300. The Labute approximate surface area is 157 Å². The van der Waals surface area contributed by atoms with Crippen LogP contribution >= 0.6 is 67.8 Å². The van der Waals surface area contributed by atoms with E-state index >= 15 is 0 Å². The molecule has 0 aliphatic carbocycles. The van der Waals surface area contributed by atoms with Gasteiger partial charge in [0.25, 0.3) is 0 Å². The molecule has 0 saturated heterocycles. The molecule has 1 amide bonds. The lowest BCUT2D eigenvalue weighted by molar-refractivity contribution is -0.212. The van der Waals surface area contributed by atoms with Crippen molar-refractivity contribution in [1.29, 1.82) is 0 Å². The van der Waals surface area contributed by atoms with Crippen LogP contribution < -0.4 is 10.4 Å². The van der Waals surface area contributed by atoms with Gasteiger partial charge in [0.1, 0.15) is 0 Å². The molecule has 1 aromatic rings. The molecule has 1 rings (SSSR count). The molecule has 0 radical (unpaired) electrons. The Morgan fingerprint density at radius 1 is 1.30 bits per heavy atom. The number of hydrogen-bond acceptors (Lipinski definition) is 4. The highest BCUT2D eigenvalue weighted by atomic mass is 127. The number of carbonyl (C=O) groups is 1. The second-order valence-corrected chi connectivity index (χ2v) is 8.77. The molecule has 0 bridgehead atoms. The Kier molecular flexibility index (Phi) is 6.46. The van der Waals surface area contributed by atoms with Crippen LogP contribution in [0.15, 0.2) is 10.5 Å². The maximum absolute atomic E-state index is 12.0. The molecule has 0 aliphatic heterocycles. The summed E-state index contributed by atoms with van der Waals surface area (Å²) in [6.07, 6.45) is 0.853. The number of sulfonamides is 1. The van der Waals surface area contributed by atoms with Crippen LogP contribution in [0.5, 0.6) is 0 Å². The molecule has 0 atom stereocenters. The molecule has 0 aliphatic rings. The van der Waals surface area contributed by atoms with E-state index in [-0.39, 0.29) is 11.5 Å². The summed E-state index contributed by atoms with van der Waals surface area (Å²) < 4.78 is 27.2. The van der Waals surface area contributed by atoms with E-state index in [1.165, 1.54) is 6.92 Å². The Morgan fingerprint density at radius 2 is 1.85 bits per heavy atom. The second kappa shape index (κ2) is 7.04. The normalized spacial score (nSPS) is 12.3. The lowest BCUT2D eigenvalue weighted by Crippen LogP contribution is -2.24. The summed E-state index contributed by atoms with van der Waals surface area (Å²) in [6.45, 7) is 1.35. The quantitative estimate of drug-likeness (QED) is 0.311.